The number of ether oxygens (including phenoxy) is 2. The van der Waals surface area contributed by atoms with E-state index in [2.05, 4.69) is 16.0 Å². The Morgan fingerprint density at radius 1 is 1.24 bits per heavy atom. The molecule has 37 heavy (non-hydrogen) atoms. The van der Waals surface area contributed by atoms with E-state index in [1.54, 1.807) is 16.8 Å². The van der Waals surface area contributed by atoms with Gasteiger partial charge < -0.3 is 14.5 Å². The number of aryl methyl sites for hydroxylation is 1. The number of rotatable bonds is 6. The van der Waals surface area contributed by atoms with Crippen molar-refractivity contribution >= 4 is 31.6 Å². The van der Waals surface area contributed by atoms with Crippen molar-refractivity contribution in [1.82, 2.24) is 19.7 Å². The van der Waals surface area contributed by atoms with Gasteiger partial charge in [0.2, 0.25) is 0 Å². The summed E-state index contributed by atoms with van der Waals surface area (Å²) in [5.41, 5.74) is 3.54. The summed E-state index contributed by atoms with van der Waals surface area (Å²) >= 11 is 0. The van der Waals surface area contributed by atoms with Gasteiger partial charge in [-0.3, -0.25) is 9.58 Å². The van der Waals surface area contributed by atoms with E-state index in [9.17, 15) is 13.7 Å². The first-order valence-corrected chi connectivity index (χ1v) is 14.4. The Labute approximate surface area is 215 Å². The van der Waals surface area contributed by atoms with E-state index in [0.717, 1.165) is 61.0 Å². The van der Waals surface area contributed by atoms with E-state index in [-0.39, 0.29) is 12.6 Å². The van der Waals surface area contributed by atoms with Crippen molar-refractivity contribution < 1.29 is 17.9 Å². The lowest BCUT2D eigenvalue weighted by Gasteiger charge is -2.44. The molecular formula is C27H29N5O4S. The van der Waals surface area contributed by atoms with Crippen LogP contribution in [-0.4, -0.2) is 72.8 Å². The van der Waals surface area contributed by atoms with Gasteiger partial charge in [-0.25, -0.2) is 8.42 Å². The first-order valence-electron chi connectivity index (χ1n) is 12.5. The van der Waals surface area contributed by atoms with Crippen LogP contribution in [-0.2, 0) is 21.1 Å². The molecule has 2 aliphatic rings. The van der Waals surface area contributed by atoms with Gasteiger partial charge in [-0.05, 0) is 36.8 Å². The van der Waals surface area contributed by atoms with Gasteiger partial charge in [0.25, 0.3) is 0 Å². The van der Waals surface area contributed by atoms with Crippen molar-refractivity contribution in [2.24, 2.45) is 0 Å². The number of hydrogen-bond acceptors (Lipinski definition) is 7. The summed E-state index contributed by atoms with van der Waals surface area (Å²) in [6.45, 7) is 5.61. The maximum atomic E-state index is 12.7. The van der Waals surface area contributed by atoms with Gasteiger partial charge in [-0.1, -0.05) is 0 Å². The maximum absolute atomic E-state index is 12.7. The fourth-order valence-electron chi connectivity index (χ4n) is 5.53. The molecule has 0 radical (unpaired) electrons. The van der Waals surface area contributed by atoms with Gasteiger partial charge in [0.05, 0.1) is 30.2 Å². The van der Waals surface area contributed by atoms with Crippen LogP contribution in [0, 0.1) is 18.3 Å². The van der Waals surface area contributed by atoms with Crippen LogP contribution in [0.15, 0.2) is 41.6 Å². The molecule has 2 fully saturated rings. The summed E-state index contributed by atoms with van der Waals surface area (Å²) in [5, 5.41) is 16.3. The average Bonchev–Trinajstić information content (AvgIpc) is 3.50. The predicted octanol–water partition coefficient (Wildman–Crippen LogP) is 3.39. The number of aromatic nitrogens is 3. The SMILES string of the molecule is Cc1cc(S(C)(=O)=O)c(Cn2cc3ccc(C#N)c(OC4CC(N5CCOCC5)C4)c3n2)c2cc[nH]c12. The lowest BCUT2D eigenvalue weighted by molar-refractivity contribution is -0.0371. The van der Waals surface area contributed by atoms with Crippen LogP contribution in [0.5, 0.6) is 5.75 Å². The zero-order valence-corrected chi connectivity index (χ0v) is 21.7. The molecule has 9 nitrogen and oxygen atoms in total. The van der Waals surface area contributed by atoms with Crippen molar-refractivity contribution in [3.8, 4) is 11.8 Å². The van der Waals surface area contributed by atoms with Gasteiger partial charge in [-0.15, -0.1) is 0 Å². The number of nitriles is 1. The van der Waals surface area contributed by atoms with Gasteiger partial charge in [0.1, 0.15) is 17.7 Å². The van der Waals surface area contributed by atoms with Crippen LogP contribution < -0.4 is 4.74 Å². The molecule has 6 rings (SSSR count). The molecule has 0 spiro atoms. The highest BCUT2D eigenvalue weighted by Crippen LogP contribution is 2.36. The molecule has 1 saturated carbocycles. The Kier molecular flexibility index (Phi) is 5.94. The standard InChI is InChI=1S/C27H29N5O4S/c1-17-11-24(37(2,33)34)23(22-5-6-29-25(17)22)16-32-15-19-4-3-18(14-28)27(26(19)30-32)36-21-12-20(13-21)31-7-9-35-10-8-31/h3-6,11,15,20-21,29H,7-10,12-13,16H2,1-2H3. The van der Waals surface area contributed by atoms with Crippen molar-refractivity contribution in [1.29, 1.82) is 5.26 Å². The lowest BCUT2D eigenvalue weighted by Crippen LogP contribution is -2.52. The van der Waals surface area contributed by atoms with Crippen molar-refractivity contribution in [3.05, 3.63) is 53.3 Å². The molecule has 2 aromatic carbocycles. The van der Waals surface area contributed by atoms with Crippen LogP contribution in [0.25, 0.3) is 21.8 Å². The van der Waals surface area contributed by atoms with E-state index < -0.39 is 9.84 Å². The monoisotopic (exact) mass is 519 g/mol. The van der Waals surface area contributed by atoms with Gasteiger partial charge in [-0.2, -0.15) is 10.4 Å². The molecule has 10 heteroatoms. The number of aromatic amines is 1. The number of sulfone groups is 1. The van der Waals surface area contributed by atoms with E-state index in [4.69, 9.17) is 14.6 Å². The number of benzene rings is 2. The van der Waals surface area contributed by atoms with E-state index in [1.807, 2.05) is 31.5 Å². The number of fused-ring (bicyclic) bond motifs is 2. The summed E-state index contributed by atoms with van der Waals surface area (Å²) < 4.78 is 38.9. The summed E-state index contributed by atoms with van der Waals surface area (Å²) in [6, 6.07) is 9.97. The van der Waals surface area contributed by atoms with Crippen molar-refractivity contribution in [2.75, 3.05) is 32.6 Å². The zero-order valence-electron chi connectivity index (χ0n) is 20.9. The zero-order chi connectivity index (χ0) is 25.7. The summed E-state index contributed by atoms with van der Waals surface area (Å²) in [6.07, 6.45) is 6.79. The van der Waals surface area contributed by atoms with Crippen LogP contribution >= 0.6 is 0 Å². The molecule has 0 unspecified atom stereocenters. The fraction of sp³-hybridized carbons (Fsp3) is 0.407. The molecule has 4 aromatic rings. The minimum atomic E-state index is -3.46. The van der Waals surface area contributed by atoms with E-state index in [0.29, 0.717) is 33.3 Å². The second-order valence-corrected chi connectivity index (χ2v) is 12.0. The Morgan fingerprint density at radius 2 is 2.03 bits per heavy atom. The Hall–Kier alpha value is -3.39. The van der Waals surface area contributed by atoms with Gasteiger partial charge >= 0.3 is 0 Å². The van der Waals surface area contributed by atoms with Gasteiger partial charge in [0.15, 0.2) is 15.6 Å². The molecule has 1 aliphatic heterocycles. The highest BCUT2D eigenvalue weighted by molar-refractivity contribution is 7.90. The molecule has 0 bridgehead atoms. The molecule has 192 valence electrons. The quantitative estimate of drug-likeness (QED) is 0.415. The van der Waals surface area contributed by atoms with E-state index >= 15 is 0 Å². The van der Waals surface area contributed by atoms with Crippen LogP contribution in [0.3, 0.4) is 0 Å². The number of H-pyrrole nitrogens is 1. The Morgan fingerprint density at radius 3 is 2.76 bits per heavy atom. The highest BCUT2D eigenvalue weighted by Gasteiger charge is 2.36. The smallest absolute Gasteiger partial charge is 0.175 e. The Bertz CT molecular complexity index is 1640. The van der Waals surface area contributed by atoms with Crippen molar-refractivity contribution in [2.45, 2.75) is 43.4 Å². The van der Waals surface area contributed by atoms with Crippen LogP contribution in [0.1, 0.15) is 29.5 Å². The average molecular weight is 520 g/mol. The fourth-order valence-corrected chi connectivity index (χ4v) is 6.55. The minimum absolute atomic E-state index is 0.0316. The highest BCUT2D eigenvalue weighted by atomic mass is 32.2. The van der Waals surface area contributed by atoms with Gasteiger partial charge in [0, 0.05) is 72.5 Å². The molecular weight excluding hydrogens is 490 g/mol. The second-order valence-electron chi connectivity index (χ2n) is 10.0. The minimum Gasteiger partial charge on any atom is -0.487 e. The first-order chi connectivity index (χ1) is 17.8. The third kappa shape index (κ3) is 4.37. The topological polar surface area (TPSA) is 113 Å². The predicted molar refractivity (Wildman–Crippen MR) is 140 cm³/mol. The Balaban J connectivity index is 1.32. The lowest BCUT2D eigenvalue weighted by atomic mass is 9.87. The maximum Gasteiger partial charge on any atom is 0.175 e. The molecule has 0 amide bonds. The molecule has 2 aromatic heterocycles. The molecule has 3 heterocycles. The molecule has 1 aliphatic carbocycles. The van der Waals surface area contributed by atoms with Crippen LogP contribution in [0.4, 0.5) is 0 Å². The number of morpholine rings is 1. The summed E-state index contributed by atoms with van der Waals surface area (Å²) in [5.74, 6) is 0.503. The first kappa shape index (κ1) is 24.0. The summed E-state index contributed by atoms with van der Waals surface area (Å²) in [4.78, 5) is 5.97. The normalized spacial score (nSPS) is 20.7. The third-order valence-corrected chi connectivity index (χ3v) is 8.71. The number of hydrogen-bond donors (Lipinski definition) is 1. The van der Waals surface area contributed by atoms with Crippen LogP contribution in [0.2, 0.25) is 0 Å². The largest absolute Gasteiger partial charge is 0.487 e. The third-order valence-electron chi connectivity index (χ3n) is 7.55. The van der Waals surface area contributed by atoms with E-state index in [1.165, 1.54) is 6.26 Å². The van der Waals surface area contributed by atoms with Crippen molar-refractivity contribution in [3.63, 3.8) is 0 Å². The molecule has 0 atom stereocenters. The molecule has 1 N–H and O–H groups in total. The number of nitrogens with zero attached hydrogens (tertiary/aromatic N) is 4. The molecule has 1 saturated heterocycles. The second kappa shape index (κ2) is 9.17. The number of nitrogens with one attached hydrogen (secondary N) is 1. The summed E-state index contributed by atoms with van der Waals surface area (Å²) in [7, 11) is -3.46.